The van der Waals surface area contributed by atoms with E-state index in [1.54, 1.807) is 15.8 Å². The zero-order chi connectivity index (χ0) is 26.4. The number of benzene rings is 1. The Bertz CT molecular complexity index is 1150. The molecule has 1 aliphatic rings. The van der Waals surface area contributed by atoms with Crippen LogP contribution in [0.3, 0.4) is 0 Å². The molecule has 2 amide bonds. The number of aryl methyl sites for hydroxylation is 2. The molecular weight excluding hydrogens is 454 g/mol. The number of rotatable bonds is 7. The number of oxazole rings is 1. The van der Waals surface area contributed by atoms with Gasteiger partial charge in [0, 0.05) is 18.3 Å². The van der Waals surface area contributed by atoms with E-state index >= 15 is 0 Å². The van der Waals surface area contributed by atoms with Crippen molar-refractivity contribution in [3.05, 3.63) is 59.9 Å². The van der Waals surface area contributed by atoms with Gasteiger partial charge in [0.1, 0.15) is 12.1 Å². The highest BCUT2D eigenvalue weighted by Crippen LogP contribution is 2.28. The molecule has 3 heterocycles. The lowest BCUT2D eigenvalue weighted by Gasteiger charge is -2.30. The van der Waals surface area contributed by atoms with Gasteiger partial charge < -0.3 is 14.6 Å². The van der Waals surface area contributed by atoms with Gasteiger partial charge in [0.05, 0.1) is 17.9 Å². The number of carbonyl (C=O) groups excluding carboxylic acids is 2. The Morgan fingerprint density at radius 2 is 1.81 bits per heavy atom. The van der Waals surface area contributed by atoms with E-state index in [0.29, 0.717) is 13.0 Å². The highest BCUT2D eigenvalue weighted by atomic mass is 16.3. The standard InChI is InChI=1S/C26H33N5O3.C2H6/c1-16(2)23(31-14-17(3)13-28-31)26(33)30-12-6-7-22(30)25(32)29-18(4)20-8-10-21(11-9-20)24-19(5)27-15-34-24;1-2/h8-11,13-16,18,22-23H,6-7,12H2,1-5H3,(H,29,32);1-2H3. The van der Waals surface area contributed by atoms with Crippen molar-refractivity contribution >= 4 is 11.8 Å². The van der Waals surface area contributed by atoms with Crippen LogP contribution >= 0.6 is 0 Å². The first kappa shape index (κ1) is 27.2. The van der Waals surface area contributed by atoms with Crippen LogP contribution in [0.5, 0.6) is 0 Å². The number of likely N-dealkylation sites (tertiary alicyclic amines) is 1. The van der Waals surface area contributed by atoms with Gasteiger partial charge in [-0.15, -0.1) is 0 Å². The largest absolute Gasteiger partial charge is 0.443 e. The van der Waals surface area contributed by atoms with Gasteiger partial charge in [-0.3, -0.25) is 14.3 Å². The molecule has 1 saturated heterocycles. The number of hydrogen-bond acceptors (Lipinski definition) is 5. The molecule has 8 nitrogen and oxygen atoms in total. The molecule has 3 aromatic rings. The molecule has 0 spiro atoms. The molecule has 2 aromatic heterocycles. The van der Waals surface area contributed by atoms with E-state index in [1.807, 2.05) is 78.9 Å². The summed E-state index contributed by atoms with van der Waals surface area (Å²) in [6, 6.07) is 6.82. The van der Waals surface area contributed by atoms with Crippen molar-refractivity contribution in [1.29, 1.82) is 0 Å². The molecule has 1 N–H and O–H groups in total. The summed E-state index contributed by atoms with van der Waals surface area (Å²) in [5, 5.41) is 7.49. The summed E-state index contributed by atoms with van der Waals surface area (Å²) in [4.78, 5) is 32.6. The summed E-state index contributed by atoms with van der Waals surface area (Å²) in [7, 11) is 0. The summed E-state index contributed by atoms with van der Waals surface area (Å²) in [6.07, 6.45) is 6.56. The van der Waals surface area contributed by atoms with Gasteiger partial charge in [-0.05, 0) is 50.7 Å². The lowest BCUT2D eigenvalue weighted by atomic mass is 10.0. The molecule has 3 unspecified atom stereocenters. The third-order valence-corrected chi connectivity index (χ3v) is 6.52. The summed E-state index contributed by atoms with van der Waals surface area (Å²) < 4.78 is 7.19. The molecule has 3 atom stereocenters. The zero-order valence-corrected chi connectivity index (χ0v) is 22.5. The fraction of sp³-hybridized carbons (Fsp3) is 0.500. The van der Waals surface area contributed by atoms with Crippen molar-refractivity contribution in [3.8, 4) is 11.3 Å². The molecule has 1 aromatic carbocycles. The van der Waals surface area contributed by atoms with E-state index in [1.165, 1.54) is 6.39 Å². The number of amides is 2. The second kappa shape index (κ2) is 12.0. The summed E-state index contributed by atoms with van der Waals surface area (Å²) in [5.41, 5.74) is 3.77. The third-order valence-electron chi connectivity index (χ3n) is 6.52. The van der Waals surface area contributed by atoms with Crippen LogP contribution in [0.25, 0.3) is 11.3 Å². The second-order valence-corrected chi connectivity index (χ2v) is 9.50. The van der Waals surface area contributed by atoms with Gasteiger partial charge in [-0.2, -0.15) is 5.10 Å². The number of carbonyl (C=O) groups is 2. The van der Waals surface area contributed by atoms with E-state index in [0.717, 1.165) is 34.6 Å². The van der Waals surface area contributed by atoms with E-state index in [4.69, 9.17) is 4.42 Å². The molecule has 8 heteroatoms. The topological polar surface area (TPSA) is 93.3 Å². The van der Waals surface area contributed by atoms with Gasteiger partial charge in [-0.25, -0.2) is 4.98 Å². The van der Waals surface area contributed by atoms with Crippen LogP contribution in [0.1, 0.15) is 76.4 Å². The van der Waals surface area contributed by atoms with Crippen LogP contribution in [-0.2, 0) is 9.59 Å². The van der Waals surface area contributed by atoms with E-state index in [2.05, 4.69) is 15.4 Å². The summed E-state index contributed by atoms with van der Waals surface area (Å²) >= 11 is 0. The summed E-state index contributed by atoms with van der Waals surface area (Å²) in [5.74, 6) is 0.639. The Kier molecular flexibility index (Phi) is 9.07. The Morgan fingerprint density at radius 1 is 1.11 bits per heavy atom. The minimum Gasteiger partial charge on any atom is -0.443 e. The maximum Gasteiger partial charge on any atom is 0.248 e. The fourth-order valence-corrected chi connectivity index (χ4v) is 4.66. The zero-order valence-electron chi connectivity index (χ0n) is 22.5. The van der Waals surface area contributed by atoms with Crippen LogP contribution in [0.15, 0.2) is 47.5 Å². The van der Waals surface area contributed by atoms with Gasteiger partial charge in [0.25, 0.3) is 0 Å². The average molecular weight is 494 g/mol. The average Bonchev–Trinajstić information content (AvgIpc) is 3.61. The van der Waals surface area contributed by atoms with Crippen molar-refractivity contribution in [2.45, 2.75) is 79.4 Å². The van der Waals surface area contributed by atoms with Gasteiger partial charge in [0.15, 0.2) is 12.2 Å². The SMILES string of the molecule is CC.Cc1cnn(C(C(=O)N2CCCC2C(=O)NC(C)c2ccc(-c3ocnc3C)cc2)C(C)C)c1. The van der Waals surface area contributed by atoms with Crippen LogP contribution in [0.2, 0.25) is 0 Å². The number of nitrogens with zero attached hydrogens (tertiary/aromatic N) is 4. The molecule has 36 heavy (non-hydrogen) atoms. The first-order valence-electron chi connectivity index (χ1n) is 12.9. The highest BCUT2D eigenvalue weighted by Gasteiger charge is 2.39. The number of hydrogen-bond donors (Lipinski definition) is 1. The third kappa shape index (κ3) is 5.86. The van der Waals surface area contributed by atoms with Crippen LogP contribution in [0.4, 0.5) is 0 Å². The van der Waals surface area contributed by atoms with E-state index < -0.39 is 12.1 Å². The highest BCUT2D eigenvalue weighted by molar-refractivity contribution is 5.90. The van der Waals surface area contributed by atoms with Crippen molar-refractivity contribution < 1.29 is 14.0 Å². The van der Waals surface area contributed by atoms with Gasteiger partial charge in [0.2, 0.25) is 11.8 Å². The second-order valence-electron chi connectivity index (χ2n) is 9.50. The van der Waals surface area contributed by atoms with Crippen LogP contribution < -0.4 is 5.32 Å². The molecular formula is C28H39N5O3. The van der Waals surface area contributed by atoms with Gasteiger partial charge in [-0.1, -0.05) is 52.0 Å². The van der Waals surface area contributed by atoms with Crippen LogP contribution in [-0.4, -0.2) is 44.1 Å². The quantitative estimate of drug-likeness (QED) is 0.485. The van der Waals surface area contributed by atoms with Crippen molar-refractivity contribution in [2.75, 3.05) is 6.54 Å². The molecule has 0 aliphatic carbocycles. The molecule has 0 bridgehead atoms. The predicted octanol–water partition coefficient (Wildman–Crippen LogP) is 5.25. The van der Waals surface area contributed by atoms with Crippen molar-refractivity contribution in [3.63, 3.8) is 0 Å². The Labute approximate surface area is 214 Å². The maximum absolute atomic E-state index is 13.5. The molecule has 194 valence electrons. The first-order chi connectivity index (χ1) is 17.3. The Balaban J connectivity index is 0.00000176. The minimum atomic E-state index is -0.469. The van der Waals surface area contributed by atoms with E-state index in [9.17, 15) is 9.59 Å². The lowest BCUT2D eigenvalue weighted by molar-refractivity contribution is -0.142. The molecule has 0 saturated carbocycles. The van der Waals surface area contributed by atoms with E-state index in [-0.39, 0.29) is 23.8 Å². The normalized spacial score (nSPS) is 16.9. The van der Waals surface area contributed by atoms with Crippen molar-refractivity contribution in [2.24, 2.45) is 5.92 Å². The van der Waals surface area contributed by atoms with Gasteiger partial charge >= 0.3 is 0 Å². The molecule has 4 rings (SSSR count). The predicted molar refractivity (Wildman–Crippen MR) is 140 cm³/mol. The number of aromatic nitrogens is 3. The molecule has 1 aliphatic heterocycles. The molecule has 0 radical (unpaired) electrons. The summed E-state index contributed by atoms with van der Waals surface area (Å²) in [6.45, 7) is 14.4. The smallest absolute Gasteiger partial charge is 0.248 e. The minimum absolute atomic E-state index is 0.0461. The maximum atomic E-state index is 13.5. The lowest BCUT2D eigenvalue weighted by Crippen LogP contribution is -2.49. The Morgan fingerprint density at radius 3 is 2.36 bits per heavy atom. The monoisotopic (exact) mass is 493 g/mol. The van der Waals surface area contributed by atoms with Crippen molar-refractivity contribution in [1.82, 2.24) is 25.0 Å². The number of nitrogens with one attached hydrogen (secondary N) is 1. The fourth-order valence-electron chi connectivity index (χ4n) is 4.66. The van der Waals surface area contributed by atoms with Crippen LogP contribution in [0, 0.1) is 19.8 Å². The first-order valence-corrected chi connectivity index (χ1v) is 12.9. The Hall–Kier alpha value is -3.42. The molecule has 1 fully saturated rings.